The van der Waals surface area contributed by atoms with Crippen LogP contribution in [0, 0.1) is 11.9 Å². The Morgan fingerprint density at radius 3 is 2.58 bits per heavy atom. The molecule has 0 atom stereocenters. The van der Waals surface area contributed by atoms with E-state index < -0.39 is 0 Å². The van der Waals surface area contributed by atoms with E-state index in [-0.39, 0.29) is 5.75 Å². The van der Waals surface area contributed by atoms with Crippen molar-refractivity contribution in [1.29, 1.82) is 0 Å². The second-order valence-corrected chi connectivity index (χ2v) is 8.47. The number of hydrogen-bond acceptors (Lipinski definition) is 5. The number of aromatic hydroxyl groups is 1. The third-order valence-electron chi connectivity index (χ3n) is 3.66. The Balaban J connectivity index is 2.00. The maximum Gasteiger partial charge on any atom is 0.216 e. The number of phenolic OH excluding ortho intramolecular Hbond substituents is 1. The third kappa shape index (κ3) is 4.09. The van der Waals surface area contributed by atoms with Crippen LogP contribution in [-0.2, 0) is 0 Å². The maximum absolute atomic E-state index is 10.2. The standard InChI is InChI=1S/C17H15I2N5OS/c1-23(2)13-5-3-10(4-6-13)16-21-22-17(26)24(16)20-9-11-7-12(18)8-14(19)15(11)25/h3-9,25H,1-2H3,(H,22,26). The van der Waals surface area contributed by atoms with Gasteiger partial charge in [0.25, 0.3) is 0 Å². The van der Waals surface area contributed by atoms with E-state index in [0.29, 0.717) is 16.2 Å². The molecular weight excluding hydrogens is 576 g/mol. The Morgan fingerprint density at radius 1 is 1.23 bits per heavy atom. The Hall–Kier alpha value is -1.47. The molecule has 1 aromatic heterocycles. The first-order valence-corrected chi connectivity index (χ1v) is 10.1. The molecule has 2 aromatic carbocycles. The highest BCUT2D eigenvalue weighted by atomic mass is 127. The Bertz CT molecular complexity index is 1020. The summed E-state index contributed by atoms with van der Waals surface area (Å²) in [6.07, 6.45) is 1.59. The number of halogens is 2. The largest absolute Gasteiger partial charge is 0.506 e. The molecule has 3 rings (SSSR count). The smallest absolute Gasteiger partial charge is 0.216 e. The van der Waals surface area contributed by atoms with E-state index in [1.165, 1.54) is 0 Å². The summed E-state index contributed by atoms with van der Waals surface area (Å²) in [6.45, 7) is 0. The molecule has 0 fully saturated rings. The molecule has 0 aliphatic heterocycles. The summed E-state index contributed by atoms with van der Waals surface area (Å²) in [7, 11) is 3.98. The lowest BCUT2D eigenvalue weighted by Crippen LogP contribution is -2.08. The van der Waals surface area contributed by atoms with Crippen LogP contribution in [0.2, 0.25) is 0 Å². The zero-order valence-electron chi connectivity index (χ0n) is 13.9. The Kier molecular flexibility index (Phi) is 5.97. The fraction of sp³-hybridized carbons (Fsp3) is 0.118. The molecule has 0 aliphatic carbocycles. The van der Waals surface area contributed by atoms with Crippen molar-refractivity contribution >= 4 is 69.3 Å². The first-order valence-electron chi connectivity index (χ1n) is 7.54. The lowest BCUT2D eigenvalue weighted by molar-refractivity contribution is 0.470. The fourth-order valence-corrected chi connectivity index (χ4v) is 4.37. The molecule has 0 aliphatic rings. The van der Waals surface area contributed by atoms with Gasteiger partial charge in [0.2, 0.25) is 4.77 Å². The molecule has 0 saturated heterocycles. The average molecular weight is 591 g/mol. The average Bonchev–Trinajstić information content (AvgIpc) is 2.97. The van der Waals surface area contributed by atoms with Crippen LogP contribution < -0.4 is 4.90 Å². The number of H-pyrrole nitrogens is 1. The SMILES string of the molecule is CN(C)c1ccc(-c2n[nH]c(=S)n2N=Cc2cc(I)cc(I)c2O)cc1. The second-order valence-electron chi connectivity index (χ2n) is 5.68. The van der Waals surface area contributed by atoms with E-state index in [4.69, 9.17) is 12.2 Å². The molecule has 26 heavy (non-hydrogen) atoms. The van der Waals surface area contributed by atoms with Crippen LogP contribution in [0.25, 0.3) is 11.4 Å². The summed E-state index contributed by atoms with van der Waals surface area (Å²) < 4.78 is 3.71. The second kappa shape index (κ2) is 8.05. The summed E-state index contributed by atoms with van der Waals surface area (Å²) in [5.74, 6) is 0.804. The van der Waals surface area contributed by atoms with Crippen LogP contribution in [0.4, 0.5) is 5.69 Å². The molecule has 0 bridgehead atoms. The highest BCUT2D eigenvalue weighted by Crippen LogP contribution is 2.26. The highest BCUT2D eigenvalue weighted by Gasteiger charge is 2.10. The molecule has 0 radical (unpaired) electrons. The first kappa shape index (κ1) is 19.3. The topological polar surface area (TPSA) is 69.4 Å². The van der Waals surface area contributed by atoms with Crippen molar-refractivity contribution in [2.24, 2.45) is 5.10 Å². The van der Waals surface area contributed by atoms with Gasteiger partial charge in [0, 0.05) is 34.5 Å². The van der Waals surface area contributed by atoms with E-state index in [9.17, 15) is 5.11 Å². The van der Waals surface area contributed by atoms with E-state index in [2.05, 4.69) is 60.5 Å². The van der Waals surface area contributed by atoms with Gasteiger partial charge in [-0.05, 0) is 93.8 Å². The normalized spacial score (nSPS) is 11.2. The summed E-state index contributed by atoms with van der Waals surface area (Å²) in [5, 5.41) is 21.7. The van der Waals surface area contributed by atoms with Crippen molar-refractivity contribution in [2.45, 2.75) is 0 Å². The van der Waals surface area contributed by atoms with Gasteiger partial charge in [-0.2, -0.15) is 14.9 Å². The predicted octanol–water partition coefficient (Wildman–Crippen LogP) is 4.47. The minimum atomic E-state index is 0.196. The third-order valence-corrected chi connectivity index (χ3v) is 5.37. The molecule has 6 nitrogen and oxygen atoms in total. The molecule has 1 heterocycles. The minimum Gasteiger partial charge on any atom is -0.506 e. The number of anilines is 1. The number of benzene rings is 2. The number of rotatable bonds is 4. The maximum atomic E-state index is 10.2. The number of nitrogens with zero attached hydrogens (tertiary/aromatic N) is 4. The van der Waals surface area contributed by atoms with Crippen molar-refractivity contribution in [2.75, 3.05) is 19.0 Å². The van der Waals surface area contributed by atoms with Gasteiger partial charge in [0.15, 0.2) is 5.82 Å². The zero-order valence-corrected chi connectivity index (χ0v) is 19.1. The van der Waals surface area contributed by atoms with Crippen molar-refractivity contribution in [3.63, 3.8) is 0 Å². The van der Waals surface area contributed by atoms with E-state index in [1.807, 2.05) is 55.4 Å². The minimum absolute atomic E-state index is 0.196. The number of aromatic amines is 1. The van der Waals surface area contributed by atoms with E-state index in [0.717, 1.165) is 18.4 Å². The molecule has 134 valence electrons. The summed E-state index contributed by atoms with van der Waals surface area (Å²) in [5.41, 5.74) is 2.61. The number of aromatic nitrogens is 3. The van der Waals surface area contributed by atoms with E-state index >= 15 is 0 Å². The monoisotopic (exact) mass is 591 g/mol. The van der Waals surface area contributed by atoms with Crippen LogP contribution >= 0.6 is 57.4 Å². The molecule has 0 amide bonds. The van der Waals surface area contributed by atoms with Crippen molar-refractivity contribution in [1.82, 2.24) is 14.9 Å². The molecule has 9 heteroatoms. The molecule has 0 unspecified atom stereocenters. The quantitative estimate of drug-likeness (QED) is 0.267. The lowest BCUT2D eigenvalue weighted by Gasteiger charge is -2.12. The van der Waals surface area contributed by atoms with Gasteiger partial charge < -0.3 is 10.0 Å². The lowest BCUT2D eigenvalue weighted by atomic mass is 10.2. The van der Waals surface area contributed by atoms with E-state index in [1.54, 1.807) is 10.9 Å². The Labute approximate surface area is 183 Å². The van der Waals surface area contributed by atoms with Gasteiger partial charge in [-0.3, -0.25) is 0 Å². The highest BCUT2D eigenvalue weighted by molar-refractivity contribution is 14.1. The molecule has 2 N–H and O–H groups in total. The predicted molar refractivity (Wildman–Crippen MR) is 124 cm³/mol. The van der Waals surface area contributed by atoms with Crippen molar-refractivity contribution < 1.29 is 5.11 Å². The van der Waals surface area contributed by atoms with Gasteiger partial charge in [0.05, 0.1) is 9.78 Å². The fourth-order valence-electron chi connectivity index (χ4n) is 2.30. The van der Waals surface area contributed by atoms with Gasteiger partial charge in [-0.1, -0.05) is 0 Å². The van der Waals surface area contributed by atoms with Crippen LogP contribution in [0.1, 0.15) is 5.56 Å². The summed E-state index contributed by atoms with van der Waals surface area (Å²) in [4.78, 5) is 2.03. The molecule has 0 spiro atoms. The van der Waals surface area contributed by atoms with Crippen LogP contribution in [0.15, 0.2) is 41.5 Å². The van der Waals surface area contributed by atoms with Crippen LogP contribution in [-0.4, -0.2) is 40.3 Å². The molecule has 0 saturated carbocycles. The van der Waals surface area contributed by atoms with Gasteiger partial charge in [-0.15, -0.1) is 0 Å². The van der Waals surface area contributed by atoms with Crippen molar-refractivity contribution in [3.05, 3.63) is 53.9 Å². The number of hydrogen-bond donors (Lipinski definition) is 2. The van der Waals surface area contributed by atoms with Gasteiger partial charge in [-0.25, -0.2) is 5.10 Å². The summed E-state index contributed by atoms with van der Waals surface area (Å²) >= 11 is 9.60. The van der Waals surface area contributed by atoms with Gasteiger partial charge in [0.1, 0.15) is 5.75 Å². The number of phenols is 1. The van der Waals surface area contributed by atoms with Crippen LogP contribution in [0.5, 0.6) is 5.75 Å². The molecule has 3 aromatic rings. The Morgan fingerprint density at radius 2 is 1.92 bits per heavy atom. The molecular formula is C17H15I2N5OS. The zero-order chi connectivity index (χ0) is 18.8. The summed E-state index contributed by atoms with van der Waals surface area (Å²) in [6, 6.07) is 11.7. The first-order chi connectivity index (χ1) is 12.4. The van der Waals surface area contributed by atoms with Gasteiger partial charge >= 0.3 is 0 Å². The van der Waals surface area contributed by atoms with Crippen molar-refractivity contribution in [3.8, 4) is 17.1 Å². The number of nitrogens with one attached hydrogen (secondary N) is 1. The van der Waals surface area contributed by atoms with Crippen LogP contribution in [0.3, 0.4) is 0 Å².